The molecule has 2 aromatic heterocycles. The summed E-state index contributed by atoms with van der Waals surface area (Å²) in [5.41, 5.74) is 10.5. The highest BCUT2D eigenvalue weighted by molar-refractivity contribution is 7.16. The first-order valence-electron chi connectivity index (χ1n) is 6.07. The fourth-order valence-electron chi connectivity index (χ4n) is 1.87. The average molecular weight is 290 g/mol. The summed E-state index contributed by atoms with van der Waals surface area (Å²) in [6.45, 7) is 2.84. The highest BCUT2D eigenvalue weighted by Crippen LogP contribution is 2.30. The van der Waals surface area contributed by atoms with Crippen LogP contribution in [0.3, 0.4) is 0 Å². The van der Waals surface area contributed by atoms with Crippen LogP contribution in [0.2, 0.25) is 0 Å². The van der Waals surface area contributed by atoms with Gasteiger partial charge in [0.1, 0.15) is 10.5 Å². The van der Waals surface area contributed by atoms with Gasteiger partial charge in [0, 0.05) is 11.1 Å². The number of thiazole rings is 2. The number of aryl methyl sites for hydroxylation is 1. The fourth-order valence-corrected chi connectivity index (χ4v) is 3.37. The van der Waals surface area contributed by atoms with Crippen molar-refractivity contribution in [3.8, 4) is 0 Å². The van der Waals surface area contributed by atoms with Crippen molar-refractivity contribution in [1.29, 1.82) is 0 Å². The number of rotatable bonds is 4. The minimum Gasteiger partial charge on any atom is -0.395 e. The largest absolute Gasteiger partial charge is 0.395 e. The molecule has 6 heteroatoms. The highest BCUT2D eigenvalue weighted by atomic mass is 32.1. The molecule has 0 aliphatic carbocycles. The Kier molecular flexibility index (Phi) is 3.35. The third kappa shape index (κ3) is 2.41. The van der Waals surface area contributed by atoms with Gasteiger partial charge in [-0.3, -0.25) is 0 Å². The van der Waals surface area contributed by atoms with Crippen LogP contribution in [-0.4, -0.2) is 9.97 Å². The standard InChI is InChI=1S/C13H14N4S2/c1-2-8-5-16-11(19-8)6-15-9-3-4-10-13(12(9)14)17-7-18-10/h3-5,7,15H,2,6,14H2,1H3. The van der Waals surface area contributed by atoms with Gasteiger partial charge in [0.15, 0.2) is 0 Å². The van der Waals surface area contributed by atoms with Crippen molar-refractivity contribution in [2.45, 2.75) is 19.9 Å². The molecule has 0 saturated carbocycles. The van der Waals surface area contributed by atoms with Crippen LogP contribution in [-0.2, 0) is 13.0 Å². The molecule has 19 heavy (non-hydrogen) atoms. The van der Waals surface area contributed by atoms with E-state index in [-0.39, 0.29) is 0 Å². The van der Waals surface area contributed by atoms with Crippen LogP contribution in [0.4, 0.5) is 11.4 Å². The summed E-state index contributed by atoms with van der Waals surface area (Å²) in [5, 5.41) is 4.41. The third-order valence-corrected chi connectivity index (χ3v) is 4.86. The van der Waals surface area contributed by atoms with Gasteiger partial charge in [0.05, 0.1) is 28.1 Å². The second-order valence-corrected chi connectivity index (χ2v) is 6.24. The first-order chi connectivity index (χ1) is 9.28. The molecule has 3 N–H and O–H groups in total. The monoisotopic (exact) mass is 290 g/mol. The van der Waals surface area contributed by atoms with E-state index in [1.54, 1.807) is 22.7 Å². The number of benzene rings is 1. The molecular formula is C13H14N4S2. The Bertz CT molecular complexity index is 702. The average Bonchev–Trinajstić information content (AvgIpc) is 3.06. The van der Waals surface area contributed by atoms with Gasteiger partial charge in [-0.15, -0.1) is 22.7 Å². The minimum absolute atomic E-state index is 0.699. The molecule has 2 heterocycles. The predicted molar refractivity (Wildman–Crippen MR) is 82.9 cm³/mol. The molecule has 0 aliphatic heterocycles. The molecule has 98 valence electrons. The number of nitrogen functional groups attached to an aromatic ring is 1. The van der Waals surface area contributed by atoms with Crippen LogP contribution in [0.1, 0.15) is 16.8 Å². The number of fused-ring (bicyclic) bond motifs is 1. The SMILES string of the molecule is CCc1cnc(CNc2ccc3scnc3c2N)s1. The fraction of sp³-hybridized carbons (Fsp3) is 0.231. The van der Waals surface area contributed by atoms with Crippen molar-refractivity contribution in [3.63, 3.8) is 0 Å². The zero-order valence-corrected chi connectivity index (χ0v) is 12.1. The maximum atomic E-state index is 6.12. The Morgan fingerprint density at radius 1 is 1.32 bits per heavy atom. The molecule has 0 amide bonds. The second-order valence-electron chi connectivity index (χ2n) is 4.15. The van der Waals surface area contributed by atoms with E-state index in [9.17, 15) is 0 Å². The molecule has 0 radical (unpaired) electrons. The summed E-state index contributed by atoms with van der Waals surface area (Å²) < 4.78 is 1.12. The smallest absolute Gasteiger partial charge is 0.112 e. The van der Waals surface area contributed by atoms with Gasteiger partial charge in [0.2, 0.25) is 0 Å². The molecule has 0 fully saturated rings. The number of anilines is 2. The Balaban J connectivity index is 1.79. The molecule has 1 aromatic carbocycles. The van der Waals surface area contributed by atoms with Crippen LogP contribution in [0.5, 0.6) is 0 Å². The minimum atomic E-state index is 0.699. The van der Waals surface area contributed by atoms with Gasteiger partial charge in [-0.25, -0.2) is 9.97 Å². The molecule has 0 atom stereocenters. The summed E-state index contributed by atoms with van der Waals surface area (Å²) in [6, 6.07) is 4.05. The number of hydrogen-bond donors (Lipinski definition) is 2. The van der Waals surface area contributed by atoms with Crippen molar-refractivity contribution in [3.05, 3.63) is 33.7 Å². The number of hydrogen-bond acceptors (Lipinski definition) is 6. The lowest BCUT2D eigenvalue weighted by Crippen LogP contribution is -2.02. The summed E-state index contributed by atoms with van der Waals surface area (Å²) >= 11 is 3.34. The quantitative estimate of drug-likeness (QED) is 0.722. The van der Waals surface area contributed by atoms with E-state index in [1.165, 1.54) is 4.88 Å². The van der Waals surface area contributed by atoms with Crippen LogP contribution in [0, 0.1) is 0 Å². The normalized spacial score (nSPS) is 11.0. The van der Waals surface area contributed by atoms with Crippen molar-refractivity contribution >= 4 is 44.3 Å². The van der Waals surface area contributed by atoms with Crippen LogP contribution >= 0.6 is 22.7 Å². The number of aromatic nitrogens is 2. The number of nitrogens with one attached hydrogen (secondary N) is 1. The molecule has 3 aromatic rings. The molecule has 0 unspecified atom stereocenters. The summed E-state index contributed by atoms with van der Waals surface area (Å²) in [6.07, 6.45) is 2.97. The maximum Gasteiger partial charge on any atom is 0.112 e. The van der Waals surface area contributed by atoms with Gasteiger partial charge >= 0.3 is 0 Å². The molecule has 0 aliphatic rings. The third-order valence-electron chi connectivity index (χ3n) is 2.92. The molecule has 0 saturated heterocycles. The Morgan fingerprint density at radius 2 is 2.21 bits per heavy atom. The lowest BCUT2D eigenvalue weighted by Gasteiger charge is -2.07. The van der Waals surface area contributed by atoms with E-state index in [0.29, 0.717) is 12.2 Å². The zero-order chi connectivity index (χ0) is 13.2. The number of nitrogens with zero attached hydrogens (tertiary/aromatic N) is 2. The van der Waals surface area contributed by atoms with Gasteiger partial charge in [0.25, 0.3) is 0 Å². The van der Waals surface area contributed by atoms with Gasteiger partial charge in [-0.05, 0) is 18.6 Å². The molecule has 0 spiro atoms. The lowest BCUT2D eigenvalue weighted by molar-refractivity contribution is 1.10. The van der Waals surface area contributed by atoms with Gasteiger partial charge < -0.3 is 11.1 Å². The van der Waals surface area contributed by atoms with E-state index in [4.69, 9.17) is 5.73 Å². The first-order valence-corrected chi connectivity index (χ1v) is 7.76. The summed E-state index contributed by atoms with van der Waals surface area (Å²) in [7, 11) is 0. The van der Waals surface area contributed by atoms with E-state index in [0.717, 1.165) is 27.3 Å². The molecule has 3 rings (SSSR count). The topological polar surface area (TPSA) is 63.8 Å². The Labute approximate surface area is 119 Å². The Morgan fingerprint density at radius 3 is 3.00 bits per heavy atom. The maximum absolute atomic E-state index is 6.12. The van der Waals surface area contributed by atoms with E-state index in [1.807, 2.05) is 23.8 Å². The summed E-state index contributed by atoms with van der Waals surface area (Å²) in [4.78, 5) is 9.98. The highest BCUT2D eigenvalue weighted by Gasteiger charge is 2.07. The van der Waals surface area contributed by atoms with E-state index in [2.05, 4.69) is 22.2 Å². The van der Waals surface area contributed by atoms with Crippen LogP contribution in [0.25, 0.3) is 10.2 Å². The second kappa shape index (κ2) is 5.14. The van der Waals surface area contributed by atoms with Crippen molar-refractivity contribution in [2.24, 2.45) is 0 Å². The van der Waals surface area contributed by atoms with Crippen molar-refractivity contribution in [2.75, 3.05) is 11.1 Å². The molecule has 4 nitrogen and oxygen atoms in total. The van der Waals surface area contributed by atoms with Gasteiger partial charge in [-0.2, -0.15) is 0 Å². The lowest BCUT2D eigenvalue weighted by atomic mass is 10.2. The van der Waals surface area contributed by atoms with E-state index < -0.39 is 0 Å². The predicted octanol–water partition coefficient (Wildman–Crippen LogP) is 3.51. The van der Waals surface area contributed by atoms with E-state index >= 15 is 0 Å². The summed E-state index contributed by atoms with van der Waals surface area (Å²) in [5.74, 6) is 0. The van der Waals surface area contributed by atoms with Crippen molar-refractivity contribution in [1.82, 2.24) is 9.97 Å². The van der Waals surface area contributed by atoms with Crippen LogP contribution in [0.15, 0.2) is 23.8 Å². The van der Waals surface area contributed by atoms with Gasteiger partial charge in [-0.1, -0.05) is 6.92 Å². The van der Waals surface area contributed by atoms with Crippen molar-refractivity contribution < 1.29 is 0 Å². The Hall–Kier alpha value is -1.66. The molecule has 0 bridgehead atoms. The van der Waals surface area contributed by atoms with Crippen LogP contribution < -0.4 is 11.1 Å². The first kappa shape index (κ1) is 12.4. The zero-order valence-electron chi connectivity index (χ0n) is 10.5. The molecular weight excluding hydrogens is 276 g/mol. The number of nitrogens with two attached hydrogens (primary N) is 1.